The van der Waals surface area contributed by atoms with Crippen molar-refractivity contribution < 1.29 is 14.4 Å². The van der Waals surface area contributed by atoms with Crippen LogP contribution in [0.25, 0.3) is 0 Å². The number of rotatable bonds is 6. The first kappa shape index (κ1) is 13.0. The number of hydrogen-bond acceptors (Lipinski definition) is 5. The third kappa shape index (κ3) is 8.35. The average Bonchev–Trinajstić information content (AvgIpc) is 2.23. The number of allylic oxidation sites excluding steroid dienone is 1. The van der Waals surface area contributed by atoms with Crippen molar-refractivity contribution in [1.29, 1.82) is 0 Å². The molecule has 0 saturated heterocycles. The summed E-state index contributed by atoms with van der Waals surface area (Å²) in [7, 11) is 1.64. The van der Waals surface area contributed by atoms with Gasteiger partial charge in [-0.25, -0.2) is 0 Å². The third-order valence-electron chi connectivity index (χ3n) is 1.32. The summed E-state index contributed by atoms with van der Waals surface area (Å²) < 4.78 is 0. The topological polar surface area (TPSA) is 87.6 Å². The van der Waals surface area contributed by atoms with Gasteiger partial charge in [-0.05, 0) is 12.3 Å². The molecular formula is C9H13N3O3. The molecule has 82 valence electrons. The van der Waals surface area contributed by atoms with E-state index in [1.54, 1.807) is 25.5 Å². The van der Waals surface area contributed by atoms with E-state index >= 15 is 0 Å². The molecule has 0 heterocycles. The first-order chi connectivity index (χ1) is 7.20. The summed E-state index contributed by atoms with van der Waals surface area (Å²) >= 11 is 0. The van der Waals surface area contributed by atoms with Crippen molar-refractivity contribution in [3.05, 3.63) is 12.3 Å². The molecule has 0 aromatic rings. The van der Waals surface area contributed by atoms with Crippen molar-refractivity contribution in [3.8, 4) is 0 Å². The molecule has 0 unspecified atom stereocenters. The molecule has 0 aromatic carbocycles. The van der Waals surface area contributed by atoms with Gasteiger partial charge in [-0.15, -0.1) is 0 Å². The smallest absolute Gasteiger partial charge is 0.290 e. The van der Waals surface area contributed by atoms with E-state index in [-0.39, 0.29) is 12.7 Å². The molecular weight excluding hydrogens is 198 g/mol. The molecule has 0 fully saturated rings. The van der Waals surface area contributed by atoms with Crippen molar-refractivity contribution in [2.75, 3.05) is 13.6 Å². The summed E-state index contributed by atoms with van der Waals surface area (Å²) in [4.78, 5) is 35.0. The van der Waals surface area contributed by atoms with Crippen LogP contribution in [0.5, 0.6) is 0 Å². The molecule has 0 aliphatic rings. The molecule has 0 aromatic heterocycles. The fourth-order valence-electron chi connectivity index (χ4n) is 0.696. The molecule has 0 radical (unpaired) electrons. The number of aldehydes is 1. The van der Waals surface area contributed by atoms with Gasteiger partial charge >= 0.3 is 0 Å². The summed E-state index contributed by atoms with van der Waals surface area (Å²) in [6.45, 7) is 0.381. The maximum Gasteiger partial charge on any atom is 0.290 e. The quantitative estimate of drug-likeness (QED) is 0.256. The first-order valence-corrected chi connectivity index (χ1v) is 4.30. The van der Waals surface area contributed by atoms with Crippen LogP contribution in [0, 0.1) is 0 Å². The second-order valence-corrected chi connectivity index (χ2v) is 2.50. The van der Waals surface area contributed by atoms with E-state index < -0.39 is 11.8 Å². The van der Waals surface area contributed by atoms with Gasteiger partial charge in [0.2, 0.25) is 12.2 Å². The zero-order chi connectivity index (χ0) is 11.5. The van der Waals surface area contributed by atoms with E-state index in [1.807, 2.05) is 5.32 Å². The molecule has 0 aliphatic heterocycles. The van der Waals surface area contributed by atoms with Crippen molar-refractivity contribution in [3.63, 3.8) is 0 Å². The normalized spacial score (nSPS) is 10.5. The lowest BCUT2D eigenvalue weighted by atomic mass is 10.4. The minimum Gasteiger partial charge on any atom is -0.390 e. The zero-order valence-corrected chi connectivity index (χ0v) is 8.40. The van der Waals surface area contributed by atoms with Crippen LogP contribution >= 0.6 is 0 Å². The van der Waals surface area contributed by atoms with Crippen LogP contribution in [0.4, 0.5) is 0 Å². The van der Waals surface area contributed by atoms with Crippen molar-refractivity contribution >= 4 is 24.3 Å². The number of aliphatic imine (C=N–C) groups is 1. The van der Waals surface area contributed by atoms with Crippen LogP contribution in [0.1, 0.15) is 6.42 Å². The number of nitrogens with one attached hydrogen (secondary N) is 2. The molecule has 0 atom stereocenters. The van der Waals surface area contributed by atoms with Crippen LogP contribution in [0.3, 0.4) is 0 Å². The van der Waals surface area contributed by atoms with Crippen molar-refractivity contribution in [2.45, 2.75) is 6.42 Å². The lowest BCUT2D eigenvalue weighted by Gasteiger charge is -1.99. The number of carbonyl (C=O) groups excluding carboxylic acids is 3. The summed E-state index contributed by atoms with van der Waals surface area (Å²) in [5.74, 6) is -1.41. The Labute approximate surface area is 87.4 Å². The van der Waals surface area contributed by atoms with Crippen LogP contribution in [-0.2, 0) is 14.4 Å². The van der Waals surface area contributed by atoms with E-state index in [4.69, 9.17) is 0 Å². The summed E-state index contributed by atoms with van der Waals surface area (Å²) in [6.07, 6.45) is 5.06. The Kier molecular flexibility index (Phi) is 7.47. The molecule has 6 heteroatoms. The summed E-state index contributed by atoms with van der Waals surface area (Å²) in [5.41, 5.74) is 0. The van der Waals surface area contributed by atoms with E-state index in [0.29, 0.717) is 6.54 Å². The Hall–Kier alpha value is -1.98. The summed E-state index contributed by atoms with van der Waals surface area (Å²) in [5, 5.41) is 4.71. The van der Waals surface area contributed by atoms with Crippen molar-refractivity contribution in [2.24, 2.45) is 4.99 Å². The van der Waals surface area contributed by atoms with Crippen LogP contribution in [0.15, 0.2) is 17.3 Å². The van der Waals surface area contributed by atoms with E-state index in [0.717, 1.165) is 0 Å². The molecule has 2 amide bonds. The fraction of sp³-hybridized carbons (Fsp3) is 0.333. The molecule has 0 bridgehead atoms. The van der Waals surface area contributed by atoms with Crippen LogP contribution in [0.2, 0.25) is 0 Å². The molecule has 2 N–H and O–H groups in total. The number of amides is 2. The Morgan fingerprint density at radius 3 is 2.73 bits per heavy atom. The third-order valence-corrected chi connectivity index (χ3v) is 1.32. The highest BCUT2D eigenvalue weighted by molar-refractivity contribution is 6.27. The second kappa shape index (κ2) is 8.61. The SMILES string of the molecule is CN=C/C=C\NCCC(=O)NC(=O)C=O. The second-order valence-electron chi connectivity index (χ2n) is 2.50. The largest absolute Gasteiger partial charge is 0.390 e. The molecule has 15 heavy (non-hydrogen) atoms. The van der Waals surface area contributed by atoms with Crippen molar-refractivity contribution in [1.82, 2.24) is 10.6 Å². The Bertz CT molecular complexity index is 284. The highest BCUT2D eigenvalue weighted by Gasteiger charge is 2.04. The molecule has 0 spiro atoms. The standard InChI is InChI=1S/C9H13N3O3/c1-10-4-2-5-11-6-3-8(14)12-9(15)7-13/h2,4-5,7,11H,3,6H2,1H3,(H,12,14,15)/b5-2-,10-4?. The van der Waals surface area contributed by atoms with E-state index in [2.05, 4.69) is 10.3 Å². The van der Waals surface area contributed by atoms with Gasteiger partial charge in [0.25, 0.3) is 5.91 Å². The van der Waals surface area contributed by atoms with Gasteiger partial charge in [0.1, 0.15) is 0 Å². The molecule has 0 aliphatic carbocycles. The minimum absolute atomic E-state index is 0.0585. The number of hydrogen-bond donors (Lipinski definition) is 2. The zero-order valence-electron chi connectivity index (χ0n) is 8.40. The van der Waals surface area contributed by atoms with Gasteiger partial charge in [0.05, 0.1) is 0 Å². The van der Waals surface area contributed by atoms with Crippen LogP contribution in [-0.4, -0.2) is 37.9 Å². The van der Waals surface area contributed by atoms with E-state index in [1.165, 1.54) is 0 Å². The fourth-order valence-corrected chi connectivity index (χ4v) is 0.696. The minimum atomic E-state index is -0.923. The van der Waals surface area contributed by atoms with Gasteiger partial charge in [-0.3, -0.25) is 24.7 Å². The van der Waals surface area contributed by atoms with Crippen LogP contribution < -0.4 is 10.6 Å². The number of imide groups is 1. The number of nitrogens with zero attached hydrogens (tertiary/aromatic N) is 1. The predicted octanol–water partition coefficient (Wildman–Crippen LogP) is -0.978. The maximum atomic E-state index is 10.9. The monoisotopic (exact) mass is 211 g/mol. The van der Waals surface area contributed by atoms with E-state index in [9.17, 15) is 14.4 Å². The Morgan fingerprint density at radius 2 is 2.13 bits per heavy atom. The van der Waals surface area contributed by atoms with Gasteiger partial charge in [-0.2, -0.15) is 0 Å². The van der Waals surface area contributed by atoms with Gasteiger partial charge in [0, 0.05) is 26.2 Å². The predicted molar refractivity (Wildman–Crippen MR) is 55.4 cm³/mol. The average molecular weight is 211 g/mol. The Balaban J connectivity index is 3.55. The molecule has 0 saturated carbocycles. The lowest BCUT2D eigenvalue weighted by molar-refractivity contribution is -0.136. The lowest BCUT2D eigenvalue weighted by Crippen LogP contribution is -2.32. The molecule has 6 nitrogen and oxygen atoms in total. The highest BCUT2D eigenvalue weighted by atomic mass is 16.2. The molecule has 0 rings (SSSR count). The Morgan fingerprint density at radius 1 is 1.40 bits per heavy atom. The first-order valence-electron chi connectivity index (χ1n) is 4.30. The highest BCUT2D eigenvalue weighted by Crippen LogP contribution is 1.77. The van der Waals surface area contributed by atoms with Gasteiger partial charge < -0.3 is 5.32 Å². The number of carbonyl (C=O) groups is 3. The summed E-state index contributed by atoms with van der Waals surface area (Å²) in [6, 6.07) is 0. The van der Waals surface area contributed by atoms with Gasteiger partial charge in [-0.1, -0.05) is 0 Å². The van der Waals surface area contributed by atoms with Gasteiger partial charge in [0.15, 0.2) is 0 Å². The maximum absolute atomic E-state index is 10.9.